The van der Waals surface area contributed by atoms with E-state index in [4.69, 9.17) is 0 Å². The molecule has 0 aliphatic carbocycles. The fraction of sp³-hybridized carbons (Fsp3) is 0.562. The molecule has 1 heterocycles. The van der Waals surface area contributed by atoms with Crippen molar-refractivity contribution in [3.8, 4) is 0 Å². The summed E-state index contributed by atoms with van der Waals surface area (Å²) in [6.07, 6.45) is 1.40. The SMILES string of the molecule is CCC(C)N(CC(=O)Nc1ccc(F)cc1)C1CCS(=O)(=O)C1. The molecule has 5 nitrogen and oxygen atoms in total. The van der Waals surface area contributed by atoms with Crippen molar-refractivity contribution in [2.45, 2.75) is 38.8 Å². The Balaban J connectivity index is 2.02. The summed E-state index contributed by atoms with van der Waals surface area (Å²) in [5.74, 6) is -0.285. The zero-order valence-electron chi connectivity index (χ0n) is 13.5. The zero-order chi connectivity index (χ0) is 17.0. The van der Waals surface area contributed by atoms with Crippen LogP contribution in [-0.4, -0.2) is 49.4 Å². The van der Waals surface area contributed by atoms with E-state index in [0.29, 0.717) is 12.1 Å². The first-order valence-corrected chi connectivity index (χ1v) is 9.64. The first-order chi connectivity index (χ1) is 10.8. The molecule has 1 fully saturated rings. The summed E-state index contributed by atoms with van der Waals surface area (Å²) in [5, 5.41) is 2.73. The monoisotopic (exact) mass is 342 g/mol. The second-order valence-corrected chi connectivity index (χ2v) is 8.27. The van der Waals surface area contributed by atoms with Gasteiger partial charge in [0.1, 0.15) is 5.82 Å². The molecule has 23 heavy (non-hydrogen) atoms. The first-order valence-electron chi connectivity index (χ1n) is 7.82. The maximum atomic E-state index is 12.9. The number of hydrogen-bond donors (Lipinski definition) is 1. The number of carbonyl (C=O) groups is 1. The van der Waals surface area contributed by atoms with E-state index in [9.17, 15) is 17.6 Å². The van der Waals surface area contributed by atoms with Crippen molar-refractivity contribution in [2.75, 3.05) is 23.4 Å². The van der Waals surface area contributed by atoms with Crippen molar-refractivity contribution < 1.29 is 17.6 Å². The fourth-order valence-corrected chi connectivity index (χ4v) is 4.56. The lowest BCUT2D eigenvalue weighted by Crippen LogP contribution is -2.46. The van der Waals surface area contributed by atoms with Crippen LogP contribution in [0, 0.1) is 5.82 Å². The van der Waals surface area contributed by atoms with Gasteiger partial charge in [0.15, 0.2) is 9.84 Å². The summed E-state index contributed by atoms with van der Waals surface area (Å²) in [6.45, 7) is 4.14. The number of amides is 1. The fourth-order valence-electron chi connectivity index (χ4n) is 2.82. The standard InChI is InChI=1S/C16H23FN2O3S/c1-3-12(2)19(15-8-9-23(21,22)11-15)10-16(20)18-14-6-4-13(17)5-7-14/h4-7,12,15H,3,8-11H2,1-2H3,(H,18,20). The predicted octanol–water partition coefficient (Wildman–Crippen LogP) is 2.05. The van der Waals surface area contributed by atoms with Crippen LogP contribution in [0.4, 0.5) is 10.1 Å². The Bertz CT molecular complexity index is 646. The van der Waals surface area contributed by atoms with Crippen molar-refractivity contribution in [3.63, 3.8) is 0 Å². The van der Waals surface area contributed by atoms with Crippen LogP contribution in [0.2, 0.25) is 0 Å². The van der Waals surface area contributed by atoms with Gasteiger partial charge in [0.2, 0.25) is 5.91 Å². The second-order valence-electron chi connectivity index (χ2n) is 6.04. The minimum atomic E-state index is -3.00. The maximum Gasteiger partial charge on any atom is 0.238 e. The van der Waals surface area contributed by atoms with E-state index in [1.54, 1.807) is 0 Å². The van der Waals surface area contributed by atoms with Crippen molar-refractivity contribution in [1.82, 2.24) is 4.90 Å². The quantitative estimate of drug-likeness (QED) is 0.859. The molecule has 1 saturated heterocycles. The van der Waals surface area contributed by atoms with E-state index < -0.39 is 9.84 Å². The molecule has 1 aliphatic heterocycles. The van der Waals surface area contributed by atoms with Gasteiger partial charge in [-0.25, -0.2) is 12.8 Å². The van der Waals surface area contributed by atoms with Gasteiger partial charge >= 0.3 is 0 Å². The van der Waals surface area contributed by atoms with E-state index in [0.717, 1.165) is 6.42 Å². The average Bonchev–Trinajstić information content (AvgIpc) is 2.86. The lowest BCUT2D eigenvalue weighted by Gasteiger charge is -2.32. The highest BCUT2D eigenvalue weighted by Gasteiger charge is 2.34. The van der Waals surface area contributed by atoms with Gasteiger partial charge in [-0.05, 0) is 44.0 Å². The van der Waals surface area contributed by atoms with Gasteiger partial charge in [-0.1, -0.05) is 6.92 Å². The first kappa shape index (κ1) is 17.9. The number of carbonyl (C=O) groups excluding carboxylic acids is 1. The normalized spacial score (nSPS) is 21.3. The van der Waals surface area contributed by atoms with Crippen LogP contribution < -0.4 is 5.32 Å². The lowest BCUT2D eigenvalue weighted by atomic mass is 10.1. The molecule has 0 aromatic heterocycles. The third-order valence-corrected chi connectivity index (χ3v) is 6.04. The van der Waals surface area contributed by atoms with E-state index in [1.165, 1.54) is 24.3 Å². The average molecular weight is 342 g/mol. The molecule has 0 spiro atoms. The van der Waals surface area contributed by atoms with Gasteiger partial charge in [-0.3, -0.25) is 9.69 Å². The largest absolute Gasteiger partial charge is 0.325 e. The highest BCUT2D eigenvalue weighted by molar-refractivity contribution is 7.91. The van der Waals surface area contributed by atoms with Gasteiger partial charge in [-0.2, -0.15) is 0 Å². The molecule has 7 heteroatoms. The second kappa shape index (κ2) is 7.40. The van der Waals surface area contributed by atoms with Crippen LogP contribution in [0.5, 0.6) is 0 Å². The third-order valence-electron chi connectivity index (χ3n) is 4.29. The van der Waals surface area contributed by atoms with Gasteiger partial charge in [-0.15, -0.1) is 0 Å². The summed E-state index contributed by atoms with van der Waals surface area (Å²) < 4.78 is 36.3. The maximum absolute atomic E-state index is 12.9. The van der Waals surface area contributed by atoms with Crippen LogP contribution in [0.3, 0.4) is 0 Å². The van der Waals surface area contributed by atoms with Crippen LogP contribution in [0.15, 0.2) is 24.3 Å². The number of hydrogen-bond acceptors (Lipinski definition) is 4. The molecule has 2 atom stereocenters. The summed E-state index contributed by atoms with van der Waals surface area (Å²) in [6, 6.07) is 5.57. The Morgan fingerprint density at radius 2 is 2.04 bits per heavy atom. The summed E-state index contributed by atoms with van der Waals surface area (Å²) in [7, 11) is -3.00. The van der Waals surface area contributed by atoms with Crippen LogP contribution in [0.25, 0.3) is 0 Å². The van der Waals surface area contributed by atoms with Crippen molar-refractivity contribution >= 4 is 21.4 Å². The molecule has 1 aromatic carbocycles. The number of sulfone groups is 1. The Labute approximate surface area is 136 Å². The van der Waals surface area contributed by atoms with E-state index in [-0.39, 0.29) is 41.9 Å². The minimum absolute atomic E-state index is 0.112. The third kappa shape index (κ3) is 5.00. The van der Waals surface area contributed by atoms with Crippen molar-refractivity contribution in [2.24, 2.45) is 0 Å². The molecule has 1 aliphatic rings. The van der Waals surface area contributed by atoms with Gasteiger partial charge in [0, 0.05) is 17.8 Å². The minimum Gasteiger partial charge on any atom is -0.325 e. The molecular weight excluding hydrogens is 319 g/mol. The van der Waals surface area contributed by atoms with Gasteiger partial charge in [0.25, 0.3) is 0 Å². The molecule has 0 radical (unpaired) electrons. The lowest BCUT2D eigenvalue weighted by molar-refractivity contribution is -0.118. The molecule has 1 aromatic rings. The zero-order valence-corrected chi connectivity index (χ0v) is 14.3. The predicted molar refractivity (Wildman–Crippen MR) is 88.5 cm³/mol. The summed E-state index contributed by atoms with van der Waals surface area (Å²) >= 11 is 0. The highest BCUT2D eigenvalue weighted by atomic mass is 32.2. The van der Waals surface area contributed by atoms with Crippen LogP contribution in [0.1, 0.15) is 26.7 Å². The van der Waals surface area contributed by atoms with Crippen LogP contribution >= 0.6 is 0 Å². The molecule has 128 valence electrons. The Hall–Kier alpha value is -1.47. The van der Waals surface area contributed by atoms with Crippen LogP contribution in [-0.2, 0) is 14.6 Å². The molecule has 0 bridgehead atoms. The number of benzene rings is 1. The molecule has 0 saturated carbocycles. The molecule has 1 N–H and O–H groups in total. The number of nitrogens with zero attached hydrogens (tertiary/aromatic N) is 1. The van der Waals surface area contributed by atoms with Gasteiger partial charge in [0.05, 0.1) is 18.1 Å². The Morgan fingerprint density at radius 3 is 2.57 bits per heavy atom. The summed E-state index contributed by atoms with van der Waals surface area (Å²) in [4.78, 5) is 14.2. The highest BCUT2D eigenvalue weighted by Crippen LogP contribution is 2.21. The number of nitrogens with one attached hydrogen (secondary N) is 1. The van der Waals surface area contributed by atoms with E-state index in [2.05, 4.69) is 5.32 Å². The van der Waals surface area contributed by atoms with Gasteiger partial charge < -0.3 is 5.32 Å². The van der Waals surface area contributed by atoms with E-state index >= 15 is 0 Å². The number of anilines is 1. The van der Waals surface area contributed by atoms with E-state index in [1.807, 2.05) is 18.7 Å². The Kier molecular flexibility index (Phi) is 5.75. The van der Waals surface area contributed by atoms with Crippen molar-refractivity contribution in [3.05, 3.63) is 30.1 Å². The van der Waals surface area contributed by atoms with Crippen molar-refractivity contribution in [1.29, 1.82) is 0 Å². The molecule has 2 rings (SSSR count). The molecular formula is C16H23FN2O3S. The molecule has 1 amide bonds. The number of halogens is 1. The molecule has 2 unspecified atom stereocenters. The summed E-state index contributed by atoms with van der Waals surface area (Å²) in [5.41, 5.74) is 0.527. The topological polar surface area (TPSA) is 66.5 Å². The smallest absolute Gasteiger partial charge is 0.238 e. The Morgan fingerprint density at radius 1 is 1.39 bits per heavy atom. The number of rotatable bonds is 6.